The van der Waals surface area contributed by atoms with E-state index in [0.29, 0.717) is 41.7 Å². The lowest BCUT2D eigenvalue weighted by atomic mass is 10.1. The van der Waals surface area contributed by atoms with Gasteiger partial charge in [0.1, 0.15) is 5.75 Å². The Hall–Kier alpha value is -1.44. The van der Waals surface area contributed by atoms with Crippen LogP contribution in [-0.2, 0) is 25.4 Å². The summed E-state index contributed by atoms with van der Waals surface area (Å²) in [6.07, 6.45) is 1.44. The SMILES string of the molecule is COCCOCOc1c(Br)cc(CCC(=O)OC)cc1C=O. The average Bonchev–Trinajstić information content (AvgIpc) is 2.53. The molecule has 1 aromatic carbocycles. The molecule has 6 nitrogen and oxygen atoms in total. The highest BCUT2D eigenvalue weighted by atomic mass is 79.9. The Bertz CT molecular complexity index is 503. The lowest BCUT2D eigenvalue weighted by Crippen LogP contribution is -2.09. The first-order chi connectivity index (χ1) is 10.6. The number of methoxy groups -OCH3 is 2. The van der Waals surface area contributed by atoms with E-state index in [4.69, 9.17) is 14.2 Å². The summed E-state index contributed by atoms with van der Waals surface area (Å²) in [4.78, 5) is 22.4. The first-order valence-corrected chi connectivity index (χ1v) is 7.45. The van der Waals surface area contributed by atoms with E-state index in [2.05, 4.69) is 20.7 Å². The van der Waals surface area contributed by atoms with Crippen LogP contribution >= 0.6 is 15.9 Å². The Labute approximate surface area is 137 Å². The van der Waals surface area contributed by atoms with Crippen LogP contribution in [-0.4, -0.2) is 46.5 Å². The highest BCUT2D eigenvalue weighted by Crippen LogP contribution is 2.30. The van der Waals surface area contributed by atoms with Crippen LogP contribution in [0.2, 0.25) is 0 Å². The molecular formula is C15H19BrO6. The number of carbonyl (C=O) groups is 2. The first-order valence-electron chi connectivity index (χ1n) is 6.66. The van der Waals surface area contributed by atoms with Crippen LogP contribution in [0.15, 0.2) is 16.6 Å². The lowest BCUT2D eigenvalue weighted by Gasteiger charge is -2.12. The third-order valence-electron chi connectivity index (χ3n) is 2.82. The van der Waals surface area contributed by atoms with Crippen molar-refractivity contribution in [2.24, 2.45) is 0 Å². The number of carbonyl (C=O) groups excluding carboxylic acids is 2. The summed E-state index contributed by atoms with van der Waals surface area (Å²) >= 11 is 3.37. The molecule has 0 radical (unpaired) electrons. The molecule has 0 bridgehead atoms. The number of aldehydes is 1. The second kappa shape index (κ2) is 10.3. The maximum atomic E-state index is 11.2. The number of rotatable bonds is 10. The Balaban J connectivity index is 2.69. The molecule has 1 aromatic rings. The van der Waals surface area contributed by atoms with Crippen molar-refractivity contribution in [3.63, 3.8) is 0 Å². The molecule has 0 aliphatic rings. The number of ether oxygens (including phenoxy) is 4. The van der Waals surface area contributed by atoms with Gasteiger partial charge in [0.2, 0.25) is 0 Å². The third kappa shape index (κ3) is 6.13. The Morgan fingerprint density at radius 2 is 2.05 bits per heavy atom. The maximum Gasteiger partial charge on any atom is 0.305 e. The van der Waals surface area contributed by atoms with Gasteiger partial charge in [0.15, 0.2) is 13.1 Å². The van der Waals surface area contributed by atoms with Crippen molar-refractivity contribution in [1.82, 2.24) is 0 Å². The van der Waals surface area contributed by atoms with Crippen LogP contribution in [0, 0.1) is 0 Å². The summed E-state index contributed by atoms with van der Waals surface area (Å²) < 4.78 is 20.7. The highest BCUT2D eigenvalue weighted by molar-refractivity contribution is 9.10. The minimum absolute atomic E-state index is 0.0182. The summed E-state index contributed by atoms with van der Waals surface area (Å²) in [6.45, 7) is 0.892. The van der Waals surface area contributed by atoms with E-state index in [1.54, 1.807) is 19.2 Å². The molecule has 0 heterocycles. The molecule has 0 atom stereocenters. The highest BCUT2D eigenvalue weighted by Gasteiger charge is 2.12. The van der Waals surface area contributed by atoms with E-state index in [0.717, 1.165) is 5.56 Å². The quantitative estimate of drug-likeness (QED) is 0.271. The van der Waals surface area contributed by atoms with Crippen molar-refractivity contribution in [3.05, 3.63) is 27.7 Å². The summed E-state index contributed by atoms with van der Waals surface area (Å²) in [5, 5.41) is 0. The van der Waals surface area contributed by atoms with Gasteiger partial charge in [0.05, 0.1) is 30.4 Å². The van der Waals surface area contributed by atoms with Crippen LogP contribution in [0.5, 0.6) is 5.75 Å². The van der Waals surface area contributed by atoms with E-state index in [-0.39, 0.29) is 19.2 Å². The van der Waals surface area contributed by atoms with Gasteiger partial charge in [0.25, 0.3) is 0 Å². The molecule has 0 amide bonds. The van der Waals surface area contributed by atoms with Crippen molar-refractivity contribution < 1.29 is 28.5 Å². The maximum absolute atomic E-state index is 11.2. The number of hydrogen-bond acceptors (Lipinski definition) is 6. The Kier molecular flexibility index (Phi) is 8.72. The molecule has 0 saturated heterocycles. The second-order valence-electron chi connectivity index (χ2n) is 4.35. The Morgan fingerprint density at radius 3 is 2.68 bits per heavy atom. The van der Waals surface area contributed by atoms with Crippen molar-refractivity contribution in [3.8, 4) is 5.75 Å². The monoisotopic (exact) mass is 374 g/mol. The van der Waals surface area contributed by atoms with Crippen LogP contribution in [0.4, 0.5) is 0 Å². The predicted octanol–water partition coefficient (Wildman–Crippen LogP) is 2.37. The van der Waals surface area contributed by atoms with Gasteiger partial charge < -0.3 is 18.9 Å². The van der Waals surface area contributed by atoms with Crippen molar-refractivity contribution in [2.75, 3.05) is 34.2 Å². The number of benzene rings is 1. The molecule has 122 valence electrons. The molecule has 7 heteroatoms. The lowest BCUT2D eigenvalue weighted by molar-refractivity contribution is -0.140. The fourth-order valence-corrected chi connectivity index (χ4v) is 2.34. The summed E-state index contributed by atoms with van der Waals surface area (Å²) in [6, 6.07) is 3.49. The molecule has 0 spiro atoms. The fraction of sp³-hybridized carbons (Fsp3) is 0.467. The van der Waals surface area contributed by atoms with Gasteiger partial charge in [-0.2, -0.15) is 0 Å². The largest absolute Gasteiger partial charge is 0.469 e. The van der Waals surface area contributed by atoms with E-state index in [1.807, 2.05) is 0 Å². The zero-order valence-electron chi connectivity index (χ0n) is 12.6. The van der Waals surface area contributed by atoms with E-state index < -0.39 is 0 Å². The van der Waals surface area contributed by atoms with E-state index >= 15 is 0 Å². The molecule has 0 aliphatic carbocycles. The molecular weight excluding hydrogens is 356 g/mol. The van der Waals surface area contributed by atoms with Gasteiger partial charge in [0, 0.05) is 13.5 Å². The summed E-state index contributed by atoms with van der Waals surface area (Å²) in [7, 11) is 2.92. The molecule has 0 aliphatic heterocycles. The normalized spacial score (nSPS) is 10.3. The van der Waals surface area contributed by atoms with Gasteiger partial charge in [-0.05, 0) is 40.0 Å². The predicted molar refractivity (Wildman–Crippen MR) is 83.2 cm³/mol. The molecule has 1 rings (SSSR count). The van der Waals surface area contributed by atoms with Crippen LogP contribution < -0.4 is 4.74 Å². The zero-order chi connectivity index (χ0) is 16.4. The Morgan fingerprint density at radius 1 is 1.27 bits per heavy atom. The topological polar surface area (TPSA) is 71.1 Å². The van der Waals surface area contributed by atoms with Gasteiger partial charge in [-0.1, -0.05) is 0 Å². The molecule has 22 heavy (non-hydrogen) atoms. The first kappa shape index (κ1) is 18.6. The number of esters is 1. The van der Waals surface area contributed by atoms with Crippen molar-refractivity contribution >= 4 is 28.2 Å². The standard InChI is InChI=1S/C15H19BrO6/c1-19-5-6-21-10-22-15-12(9-17)7-11(8-13(15)16)3-4-14(18)20-2/h7-9H,3-6,10H2,1-2H3. The van der Waals surface area contributed by atoms with Gasteiger partial charge in [-0.15, -0.1) is 0 Å². The molecule has 0 aromatic heterocycles. The minimum atomic E-state index is -0.296. The number of halogens is 1. The minimum Gasteiger partial charge on any atom is -0.469 e. The van der Waals surface area contributed by atoms with Crippen LogP contribution in [0.1, 0.15) is 22.3 Å². The fourth-order valence-electron chi connectivity index (χ4n) is 1.71. The van der Waals surface area contributed by atoms with Gasteiger partial charge in [-0.3, -0.25) is 9.59 Å². The molecule has 0 saturated carbocycles. The van der Waals surface area contributed by atoms with E-state index in [1.165, 1.54) is 7.11 Å². The number of hydrogen-bond donors (Lipinski definition) is 0. The smallest absolute Gasteiger partial charge is 0.305 e. The second-order valence-corrected chi connectivity index (χ2v) is 5.21. The molecule has 0 N–H and O–H groups in total. The third-order valence-corrected chi connectivity index (χ3v) is 3.41. The average molecular weight is 375 g/mol. The van der Waals surface area contributed by atoms with Crippen LogP contribution in [0.3, 0.4) is 0 Å². The number of aryl methyl sites for hydroxylation is 1. The van der Waals surface area contributed by atoms with Gasteiger partial charge >= 0.3 is 5.97 Å². The zero-order valence-corrected chi connectivity index (χ0v) is 14.2. The summed E-state index contributed by atoms with van der Waals surface area (Å²) in [5.41, 5.74) is 1.23. The van der Waals surface area contributed by atoms with Crippen molar-refractivity contribution in [1.29, 1.82) is 0 Å². The van der Waals surface area contributed by atoms with Gasteiger partial charge in [-0.25, -0.2) is 0 Å². The van der Waals surface area contributed by atoms with E-state index in [9.17, 15) is 9.59 Å². The van der Waals surface area contributed by atoms with Crippen molar-refractivity contribution in [2.45, 2.75) is 12.8 Å². The molecule has 0 unspecified atom stereocenters. The molecule has 0 fully saturated rings. The van der Waals surface area contributed by atoms with Crippen LogP contribution in [0.25, 0.3) is 0 Å². The summed E-state index contributed by atoms with van der Waals surface area (Å²) in [5.74, 6) is 0.116.